The molecule has 1 aliphatic heterocycles. The molecule has 1 fully saturated rings. The molecular formula is C39H75NO10. The highest BCUT2D eigenvalue weighted by molar-refractivity contribution is 5.80. The van der Waals surface area contributed by atoms with Crippen LogP contribution in [0.2, 0.25) is 0 Å². The third kappa shape index (κ3) is 20.8. The summed E-state index contributed by atoms with van der Waals surface area (Å²) in [5, 5.41) is 75.1. The zero-order chi connectivity index (χ0) is 37.0. The first-order valence-electron chi connectivity index (χ1n) is 20.1. The monoisotopic (exact) mass is 718 g/mol. The number of amides is 1. The average Bonchev–Trinajstić information content (AvgIpc) is 3.11. The summed E-state index contributed by atoms with van der Waals surface area (Å²) < 4.78 is 11.0. The van der Waals surface area contributed by atoms with Gasteiger partial charge in [0.2, 0.25) is 5.91 Å². The Labute approximate surface area is 302 Å². The number of carbonyl (C=O) groups is 1. The summed E-state index contributed by atoms with van der Waals surface area (Å²) in [6.07, 6.45) is 17.0. The second-order valence-corrected chi connectivity index (χ2v) is 14.4. The van der Waals surface area contributed by atoms with Crippen molar-refractivity contribution in [2.75, 3.05) is 13.2 Å². The van der Waals surface area contributed by atoms with Crippen LogP contribution in [-0.4, -0.2) is 110 Å². The Morgan fingerprint density at radius 3 is 1.72 bits per heavy atom. The van der Waals surface area contributed by atoms with Gasteiger partial charge in [-0.3, -0.25) is 4.79 Å². The highest BCUT2D eigenvalue weighted by Crippen LogP contribution is 2.23. The summed E-state index contributed by atoms with van der Waals surface area (Å²) in [6, 6.07) is -1.18. The summed E-state index contributed by atoms with van der Waals surface area (Å²) in [5.74, 6) is -0.709. The quantitative estimate of drug-likeness (QED) is 0.0350. The van der Waals surface area contributed by atoms with Gasteiger partial charge in [0.1, 0.15) is 36.6 Å². The molecule has 0 aromatic carbocycles. The lowest BCUT2D eigenvalue weighted by molar-refractivity contribution is -0.303. The topological polar surface area (TPSA) is 189 Å². The second-order valence-electron chi connectivity index (χ2n) is 14.4. The van der Waals surface area contributed by atoms with Crippen LogP contribution in [0, 0.1) is 0 Å². The van der Waals surface area contributed by atoms with Crippen LogP contribution < -0.4 is 5.32 Å². The van der Waals surface area contributed by atoms with Crippen LogP contribution >= 0.6 is 0 Å². The molecular weight excluding hydrogens is 642 g/mol. The Morgan fingerprint density at radius 1 is 0.680 bits per heavy atom. The van der Waals surface area contributed by atoms with E-state index in [1.54, 1.807) is 0 Å². The maximum absolute atomic E-state index is 13.0. The highest BCUT2D eigenvalue weighted by Gasteiger charge is 2.44. The summed E-state index contributed by atoms with van der Waals surface area (Å²) in [7, 11) is 0. The van der Waals surface area contributed by atoms with Gasteiger partial charge >= 0.3 is 0 Å². The standard InChI is InChI=1S/C39H75NO10/c1-3-5-7-9-11-13-15-17-19-21-23-25-27-32(43)38(48)40-30(29-49-39-37(47)36(46)35(45)33(28-41)50-39)34(44)31(42)26-24-22-20-18-16-14-12-10-8-6-4-2/h18,20,30-37,39,41-47H,3-17,19,21-29H2,1-2H3,(H,40,48)/b20-18+. The SMILES string of the molecule is CCCCCCCC/C=C/CCCC(O)C(O)C(COC1OC(CO)C(O)C(O)C1O)NC(=O)C(O)CCCCCCCCCCCCCC. The Hall–Kier alpha value is -1.15. The van der Waals surface area contributed by atoms with Crippen molar-refractivity contribution < 1.29 is 50.0 Å². The number of carbonyl (C=O) groups excluding carboxylic acids is 1. The third-order valence-electron chi connectivity index (χ3n) is 9.82. The number of aliphatic hydroxyl groups is 7. The lowest BCUT2D eigenvalue weighted by atomic mass is 9.98. The van der Waals surface area contributed by atoms with E-state index in [9.17, 15) is 40.5 Å². The molecule has 0 aliphatic carbocycles. The summed E-state index contributed by atoms with van der Waals surface area (Å²) >= 11 is 0. The van der Waals surface area contributed by atoms with Crippen LogP contribution in [-0.2, 0) is 14.3 Å². The van der Waals surface area contributed by atoms with Crippen molar-refractivity contribution in [1.82, 2.24) is 5.32 Å². The molecule has 50 heavy (non-hydrogen) atoms. The van der Waals surface area contributed by atoms with Gasteiger partial charge in [0, 0.05) is 0 Å². The largest absolute Gasteiger partial charge is 0.394 e. The lowest BCUT2D eigenvalue weighted by Crippen LogP contribution is -2.60. The number of nitrogens with one attached hydrogen (secondary N) is 1. The predicted molar refractivity (Wildman–Crippen MR) is 196 cm³/mol. The second kappa shape index (κ2) is 30.3. The van der Waals surface area contributed by atoms with Crippen LogP contribution in [0.3, 0.4) is 0 Å². The van der Waals surface area contributed by atoms with Crippen LogP contribution in [0.4, 0.5) is 0 Å². The van der Waals surface area contributed by atoms with E-state index < -0.39 is 74.2 Å². The van der Waals surface area contributed by atoms with Gasteiger partial charge < -0.3 is 50.5 Å². The molecule has 0 aromatic heterocycles. The maximum atomic E-state index is 13.0. The van der Waals surface area contributed by atoms with Crippen molar-refractivity contribution >= 4 is 5.91 Å². The number of hydrogen-bond donors (Lipinski definition) is 8. The molecule has 0 radical (unpaired) electrons. The van der Waals surface area contributed by atoms with Gasteiger partial charge in [0.15, 0.2) is 6.29 Å². The van der Waals surface area contributed by atoms with Gasteiger partial charge in [-0.25, -0.2) is 0 Å². The Balaban J connectivity index is 2.58. The van der Waals surface area contributed by atoms with Gasteiger partial charge in [-0.05, 0) is 38.5 Å². The molecule has 1 aliphatic rings. The fourth-order valence-electron chi connectivity index (χ4n) is 6.38. The van der Waals surface area contributed by atoms with Crippen LogP contribution in [0.1, 0.15) is 162 Å². The van der Waals surface area contributed by atoms with E-state index in [-0.39, 0.29) is 12.8 Å². The zero-order valence-electron chi connectivity index (χ0n) is 31.4. The van der Waals surface area contributed by atoms with Crippen LogP contribution in [0.15, 0.2) is 12.2 Å². The van der Waals surface area contributed by atoms with Crippen LogP contribution in [0.25, 0.3) is 0 Å². The van der Waals surface area contributed by atoms with Gasteiger partial charge in [0.05, 0.1) is 25.4 Å². The molecule has 11 heteroatoms. The maximum Gasteiger partial charge on any atom is 0.249 e. The molecule has 9 atom stereocenters. The van der Waals surface area contributed by atoms with E-state index in [1.807, 2.05) is 0 Å². The summed E-state index contributed by atoms with van der Waals surface area (Å²) in [4.78, 5) is 13.0. The van der Waals surface area contributed by atoms with E-state index in [0.717, 1.165) is 38.5 Å². The van der Waals surface area contributed by atoms with Crippen molar-refractivity contribution in [3.63, 3.8) is 0 Å². The van der Waals surface area contributed by atoms with Crippen molar-refractivity contribution in [3.8, 4) is 0 Å². The molecule has 1 heterocycles. The first kappa shape index (κ1) is 46.9. The molecule has 1 amide bonds. The van der Waals surface area contributed by atoms with Crippen molar-refractivity contribution in [3.05, 3.63) is 12.2 Å². The predicted octanol–water partition coefficient (Wildman–Crippen LogP) is 4.94. The molecule has 8 N–H and O–H groups in total. The Kier molecular flexibility index (Phi) is 28.4. The number of aliphatic hydroxyl groups excluding tert-OH is 7. The molecule has 1 rings (SSSR count). The molecule has 0 spiro atoms. The average molecular weight is 718 g/mol. The van der Waals surface area contributed by atoms with Gasteiger partial charge in [0.25, 0.3) is 0 Å². The molecule has 9 unspecified atom stereocenters. The first-order chi connectivity index (χ1) is 24.2. The first-order valence-corrected chi connectivity index (χ1v) is 20.1. The molecule has 0 bridgehead atoms. The van der Waals surface area contributed by atoms with Crippen LogP contribution in [0.5, 0.6) is 0 Å². The summed E-state index contributed by atoms with van der Waals surface area (Å²) in [6.45, 7) is 3.37. The number of hydrogen-bond acceptors (Lipinski definition) is 10. The smallest absolute Gasteiger partial charge is 0.249 e. The number of rotatable bonds is 32. The minimum absolute atomic E-state index is 0.257. The molecule has 296 valence electrons. The van der Waals surface area contributed by atoms with Crippen molar-refractivity contribution in [2.45, 2.75) is 217 Å². The molecule has 11 nitrogen and oxygen atoms in total. The van der Waals surface area contributed by atoms with E-state index in [0.29, 0.717) is 12.8 Å². The Morgan fingerprint density at radius 2 is 1.18 bits per heavy atom. The number of allylic oxidation sites excluding steroid dienone is 2. The fraction of sp³-hybridized carbons (Fsp3) is 0.923. The molecule has 1 saturated heterocycles. The lowest BCUT2D eigenvalue weighted by Gasteiger charge is -2.40. The minimum atomic E-state index is -1.66. The molecule has 0 aromatic rings. The number of ether oxygens (including phenoxy) is 2. The summed E-state index contributed by atoms with van der Waals surface area (Å²) in [5.41, 5.74) is 0. The van der Waals surface area contributed by atoms with E-state index in [1.165, 1.54) is 83.5 Å². The van der Waals surface area contributed by atoms with Gasteiger partial charge in [-0.15, -0.1) is 0 Å². The fourth-order valence-corrected chi connectivity index (χ4v) is 6.38. The van der Waals surface area contributed by atoms with E-state index >= 15 is 0 Å². The normalized spacial score (nSPS) is 23.6. The highest BCUT2D eigenvalue weighted by atomic mass is 16.7. The molecule has 0 saturated carbocycles. The van der Waals surface area contributed by atoms with Crippen molar-refractivity contribution in [1.29, 1.82) is 0 Å². The number of unbranched alkanes of at least 4 members (excludes halogenated alkanes) is 18. The van der Waals surface area contributed by atoms with Gasteiger partial charge in [-0.1, -0.05) is 135 Å². The third-order valence-corrected chi connectivity index (χ3v) is 9.82. The Bertz CT molecular complexity index is 831. The van der Waals surface area contributed by atoms with Gasteiger partial charge in [-0.2, -0.15) is 0 Å². The van der Waals surface area contributed by atoms with Crippen molar-refractivity contribution in [2.24, 2.45) is 0 Å². The zero-order valence-corrected chi connectivity index (χ0v) is 31.4. The minimum Gasteiger partial charge on any atom is -0.394 e. The van der Waals surface area contributed by atoms with E-state index in [2.05, 4.69) is 31.3 Å². The van der Waals surface area contributed by atoms with E-state index in [4.69, 9.17) is 9.47 Å².